The van der Waals surface area contributed by atoms with Crippen LogP contribution in [0.5, 0.6) is 5.88 Å². The third kappa shape index (κ3) is 5.13. The number of aromatic nitrogens is 4. The molecule has 3 aromatic heterocycles. The van der Waals surface area contributed by atoms with Crippen LogP contribution in [-0.4, -0.2) is 31.5 Å². The lowest BCUT2D eigenvalue weighted by Crippen LogP contribution is -2.16. The molecular formula is C20H21F2N5O2S. The number of hydrogen-bond donors (Lipinski definition) is 2. The molecule has 1 aliphatic rings. The maximum Gasteiger partial charge on any atom is 0.233 e. The molecular weight excluding hydrogens is 412 g/mol. The van der Waals surface area contributed by atoms with Gasteiger partial charge in [-0.3, -0.25) is 0 Å². The summed E-state index contributed by atoms with van der Waals surface area (Å²) >= 11 is 0.884. The van der Waals surface area contributed by atoms with Crippen LogP contribution in [0.2, 0.25) is 0 Å². The van der Waals surface area contributed by atoms with Gasteiger partial charge in [-0.1, -0.05) is 13.0 Å². The molecule has 1 saturated carbocycles. The molecule has 158 valence electrons. The maximum absolute atomic E-state index is 14.5. The Kier molecular flexibility index (Phi) is 5.98. The molecule has 0 amide bonds. The van der Waals surface area contributed by atoms with Crippen molar-refractivity contribution in [3.8, 4) is 11.7 Å². The SMILES string of the molecule is CC1(CCOc2ccn(-c3ccc(C(O)NSc4cccc(F)n4)c(F)n3)n2)CC1. The van der Waals surface area contributed by atoms with Gasteiger partial charge in [-0.05, 0) is 60.9 Å². The van der Waals surface area contributed by atoms with Gasteiger partial charge < -0.3 is 9.84 Å². The molecule has 1 aliphatic carbocycles. The van der Waals surface area contributed by atoms with E-state index in [0.717, 1.165) is 18.4 Å². The summed E-state index contributed by atoms with van der Waals surface area (Å²) in [5.41, 5.74) is 0.352. The fraction of sp³-hybridized carbons (Fsp3) is 0.350. The van der Waals surface area contributed by atoms with Gasteiger partial charge in [0.25, 0.3) is 0 Å². The van der Waals surface area contributed by atoms with Crippen LogP contribution in [-0.2, 0) is 0 Å². The Bertz CT molecular complexity index is 1030. The lowest BCUT2D eigenvalue weighted by atomic mass is 10.1. The third-order valence-electron chi connectivity index (χ3n) is 4.98. The van der Waals surface area contributed by atoms with Crippen molar-refractivity contribution < 1.29 is 18.6 Å². The summed E-state index contributed by atoms with van der Waals surface area (Å²) in [6.45, 7) is 2.82. The van der Waals surface area contributed by atoms with Crippen molar-refractivity contribution in [3.05, 3.63) is 60.1 Å². The first kappa shape index (κ1) is 20.7. The quantitative estimate of drug-likeness (QED) is 0.302. The van der Waals surface area contributed by atoms with Crippen LogP contribution in [0, 0.1) is 17.3 Å². The number of nitrogens with one attached hydrogen (secondary N) is 1. The van der Waals surface area contributed by atoms with E-state index in [1.54, 1.807) is 18.3 Å². The number of hydrogen-bond acceptors (Lipinski definition) is 7. The maximum atomic E-state index is 14.5. The molecule has 10 heteroatoms. The number of rotatable bonds is 9. The smallest absolute Gasteiger partial charge is 0.233 e. The van der Waals surface area contributed by atoms with E-state index < -0.39 is 18.1 Å². The molecule has 3 heterocycles. The van der Waals surface area contributed by atoms with E-state index >= 15 is 0 Å². The Morgan fingerprint density at radius 3 is 2.80 bits per heavy atom. The minimum atomic E-state index is -1.36. The van der Waals surface area contributed by atoms with E-state index in [9.17, 15) is 13.9 Å². The van der Waals surface area contributed by atoms with Crippen molar-refractivity contribution in [2.75, 3.05) is 6.61 Å². The average molecular weight is 433 g/mol. The number of aliphatic hydroxyl groups is 1. The van der Waals surface area contributed by atoms with E-state index in [1.807, 2.05) is 0 Å². The second-order valence-electron chi connectivity index (χ2n) is 7.48. The Morgan fingerprint density at radius 2 is 2.07 bits per heavy atom. The zero-order valence-electron chi connectivity index (χ0n) is 16.3. The number of nitrogens with zero attached hydrogens (tertiary/aromatic N) is 4. The van der Waals surface area contributed by atoms with Gasteiger partial charge in [-0.25, -0.2) is 14.4 Å². The molecule has 0 aliphatic heterocycles. The highest BCUT2D eigenvalue weighted by molar-refractivity contribution is 7.97. The van der Waals surface area contributed by atoms with Crippen molar-refractivity contribution in [1.82, 2.24) is 24.5 Å². The molecule has 0 saturated heterocycles. The van der Waals surface area contributed by atoms with Crippen LogP contribution in [0.25, 0.3) is 5.82 Å². The number of aliphatic hydroxyl groups excluding tert-OH is 1. The standard InChI is InChI=1S/C20H21F2N5O2S/c1-20(8-9-20)10-12-29-16-7-11-27(25-16)15-6-5-13(18(22)24-15)19(28)26-30-17-4-2-3-14(21)23-17/h2-7,11,19,26,28H,8-10,12H2,1H3. The zero-order valence-corrected chi connectivity index (χ0v) is 17.1. The minimum absolute atomic E-state index is 0.0519. The average Bonchev–Trinajstić information content (AvgIpc) is 3.26. The van der Waals surface area contributed by atoms with E-state index in [0.29, 0.717) is 22.9 Å². The molecule has 3 aromatic rings. The fourth-order valence-electron chi connectivity index (χ4n) is 2.77. The van der Waals surface area contributed by atoms with Gasteiger partial charge in [0.15, 0.2) is 5.82 Å². The van der Waals surface area contributed by atoms with Crippen molar-refractivity contribution in [3.63, 3.8) is 0 Å². The predicted molar refractivity (Wildman–Crippen MR) is 107 cm³/mol. The molecule has 1 unspecified atom stereocenters. The molecule has 0 radical (unpaired) electrons. The van der Waals surface area contributed by atoms with Gasteiger partial charge in [0.1, 0.15) is 11.3 Å². The summed E-state index contributed by atoms with van der Waals surface area (Å²) in [5.74, 6) is -0.782. The topological polar surface area (TPSA) is 85.1 Å². The summed E-state index contributed by atoms with van der Waals surface area (Å²) in [5, 5.41) is 14.8. The van der Waals surface area contributed by atoms with Gasteiger partial charge in [0.2, 0.25) is 17.8 Å². The summed E-state index contributed by atoms with van der Waals surface area (Å²) in [6.07, 6.45) is 3.73. The van der Waals surface area contributed by atoms with Gasteiger partial charge in [-0.2, -0.15) is 13.8 Å². The van der Waals surface area contributed by atoms with Crippen LogP contribution < -0.4 is 9.46 Å². The molecule has 1 fully saturated rings. The first-order valence-corrected chi connectivity index (χ1v) is 10.3. The fourth-order valence-corrected chi connectivity index (χ4v) is 3.41. The predicted octanol–water partition coefficient (Wildman–Crippen LogP) is 3.80. The Hall–Kier alpha value is -2.56. The Labute approximate surface area is 176 Å². The highest BCUT2D eigenvalue weighted by Crippen LogP contribution is 2.47. The van der Waals surface area contributed by atoms with Gasteiger partial charge in [-0.15, -0.1) is 5.10 Å². The van der Waals surface area contributed by atoms with Crippen LogP contribution in [0.4, 0.5) is 8.78 Å². The van der Waals surface area contributed by atoms with E-state index in [2.05, 4.69) is 26.7 Å². The summed E-state index contributed by atoms with van der Waals surface area (Å²) in [6, 6.07) is 8.91. The normalized spacial score (nSPS) is 15.7. The lowest BCUT2D eigenvalue weighted by Gasteiger charge is -2.13. The van der Waals surface area contributed by atoms with E-state index in [4.69, 9.17) is 4.74 Å². The molecule has 7 nitrogen and oxygen atoms in total. The third-order valence-corrected chi connectivity index (χ3v) is 5.76. The lowest BCUT2D eigenvalue weighted by molar-refractivity contribution is 0.164. The number of halogens is 2. The van der Waals surface area contributed by atoms with Crippen LogP contribution in [0.15, 0.2) is 47.6 Å². The zero-order chi connectivity index (χ0) is 21.1. The van der Waals surface area contributed by atoms with Gasteiger partial charge in [0, 0.05) is 12.3 Å². The molecule has 4 rings (SSSR count). The van der Waals surface area contributed by atoms with Crippen molar-refractivity contribution in [1.29, 1.82) is 0 Å². The Balaban J connectivity index is 1.36. The largest absolute Gasteiger partial charge is 0.477 e. The summed E-state index contributed by atoms with van der Waals surface area (Å²) in [7, 11) is 0. The summed E-state index contributed by atoms with van der Waals surface area (Å²) < 4.78 is 37.2. The first-order chi connectivity index (χ1) is 14.4. The highest BCUT2D eigenvalue weighted by atomic mass is 32.2. The van der Waals surface area contributed by atoms with E-state index in [1.165, 1.54) is 41.8 Å². The van der Waals surface area contributed by atoms with Crippen LogP contribution >= 0.6 is 11.9 Å². The number of ether oxygens (including phenoxy) is 1. The molecule has 0 spiro atoms. The van der Waals surface area contributed by atoms with Crippen LogP contribution in [0.1, 0.15) is 38.0 Å². The minimum Gasteiger partial charge on any atom is -0.477 e. The van der Waals surface area contributed by atoms with Crippen molar-refractivity contribution in [2.45, 2.75) is 37.4 Å². The monoisotopic (exact) mass is 433 g/mol. The van der Waals surface area contributed by atoms with Crippen molar-refractivity contribution in [2.24, 2.45) is 5.41 Å². The molecule has 30 heavy (non-hydrogen) atoms. The van der Waals surface area contributed by atoms with Gasteiger partial charge >= 0.3 is 0 Å². The Morgan fingerprint density at radius 1 is 1.23 bits per heavy atom. The molecule has 1 atom stereocenters. The molecule has 0 bridgehead atoms. The van der Waals surface area contributed by atoms with Gasteiger partial charge in [0.05, 0.1) is 12.2 Å². The summed E-state index contributed by atoms with van der Waals surface area (Å²) in [4.78, 5) is 7.51. The second-order valence-corrected chi connectivity index (χ2v) is 8.34. The molecule has 0 aromatic carbocycles. The first-order valence-electron chi connectivity index (χ1n) is 9.50. The van der Waals surface area contributed by atoms with E-state index in [-0.39, 0.29) is 11.4 Å². The number of pyridine rings is 2. The molecule has 2 N–H and O–H groups in total. The van der Waals surface area contributed by atoms with Crippen molar-refractivity contribution >= 4 is 11.9 Å². The second kappa shape index (κ2) is 8.66. The van der Waals surface area contributed by atoms with Crippen LogP contribution in [0.3, 0.4) is 0 Å². The highest BCUT2D eigenvalue weighted by Gasteiger charge is 2.36.